The topological polar surface area (TPSA) is 108 Å². The Morgan fingerprint density at radius 3 is 2.19 bits per heavy atom. The highest BCUT2D eigenvalue weighted by Gasteiger charge is 2.29. The molecule has 1 rings (SSSR count). The molecule has 7 nitrogen and oxygen atoms in total. The summed E-state index contributed by atoms with van der Waals surface area (Å²) in [5.74, 6) is -1.92. The van der Waals surface area contributed by atoms with Gasteiger partial charge in [0.25, 0.3) is 0 Å². The molecule has 1 aromatic rings. The molecule has 0 saturated carbocycles. The summed E-state index contributed by atoms with van der Waals surface area (Å²) in [7, 11) is 0. The predicted molar refractivity (Wildman–Crippen MR) is 97.5 cm³/mol. The van der Waals surface area contributed by atoms with E-state index < -0.39 is 30.1 Å². The number of carbonyl (C=O) groups is 3. The first-order valence-electron chi connectivity index (χ1n) is 8.32. The van der Waals surface area contributed by atoms with Gasteiger partial charge in [-0.2, -0.15) is 0 Å². The van der Waals surface area contributed by atoms with Crippen molar-refractivity contribution in [1.82, 2.24) is 5.32 Å². The molecule has 0 heterocycles. The number of nitrogens with one attached hydrogen (secondary N) is 1. The van der Waals surface area contributed by atoms with E-state index >= 15 is 0 Å². The largest absolute Gasteiger partial charge is 0.447 e. The van der Waals surface area contributed by atoms with Crippen LogP contribution in [0.3, 0.4) is 0 Å². The molecule has 0 fully saturated rings. The van der Waals surface area contributed by atoms with E-state index in [0.717, 1.165) is 0 Å². The fraction of sp³-hybridized carbons (Fsp3) is 0.500. The maximum Gasteiger partial charge on any atom is 0.408 e. The maximum absolute atomic E-state index is 12.2. The molecule has 2 atom stereocenters. The van der Waals surface area contributed by atoms with E-state index in [1.807, 2.05) is 0 Å². The molecule has 144 valence electrons. The number of carbonyl (C=O) groups excluding carboxylic acids is 3. The maximum atomic E-state index is 12.2. The second kappa shape index (κ2) is 10.1. The fourth-order valence-corrected chi connectivity index (χ4v) is 2.22. The lowest BCUT2D eigenvalue weighted by molar-refractivity contribution is -0.162. The number of esters is 2. The number of ether oxygens (including phenoxy) is 2. The zero-order chi connectivity index (χ0) is 19.9. The van der Waals surface area contributed by atoms with Crippen molar-refractivity contribution in [2.45, 2.75) is 52.3 Å². The van der Waals surface area contributed by atoms with Gasteiger partial charge in [-0.25, -0.2) is 9.59 Å². The molecule has 3 N–H and O–H groups in total. The molecule has 0 saturated heterocycles. The first-order valence-corrected chi connectivity index (χ1v) is 8.70. The summed E-state index contributed by atoms with van der Waals surface area (Å²) in [5, 5.41) is 2.96. The zero-order valence-electron chi connectivity index (χ0n) is 15.3. The lowest BCUT2D eigenvalue weighted by Crippen LogP contribution is -2.46. The first-order chi connectivity index (χ1) is 12.1. The molecule has 26 heavy (non-hydrogen) atoms. The Kier molecular flexibility index (Phi) is 8.54. The molecule has 8 heteroatoms. The Balaban J connectivity index is 2.63. The predicted octanol–water partition coefficient (Wildman–Crippen LogP) is 2.96. The monoisotopic (exact) mass is 384 g/mol. The van der Waals surface area contributed by atoms with E-state index in [-0.39, 0.29) is 18.4 Å². The van der Waals surface area contributed by atoms with E-state index in [2.05, 4.69) is 5.32 Å². The molecule has 0 spiro atoms. The van der Waals surface area contributed by atoms with Crippen LogP contribution in [-0.2, 0) is 19.1 Å². The molecular weight excluding hydrogens is 360 g/mol. The van der Waals surface area contributed by atoms with Gasteiger partial charge in [-0.1, -0.05) is 37.6 Å². The van der Waals surface area contributed by atoms with E-state index in [4.69, 9.17) is 26.8 Å². The summed E-state index contributed by atoms with van der Waals surface area (Å²) in [6, 6.07) is 5.07. The van der Waals surface area contributed by atoms with Gasteiger partial charge < -0.3 is 20.5 Å². The van der Waals surface area contributed by atoms with Crippen LogP contribution in [0, 0.1) is 5.92 Å². The molecule has 1 unspecified atom stereocenters. The smallest absolute Gasteiger partial charge is 0.408 e. The first kappa shape index (κ1) is 21.9. The quantitative estimate of drug-likeness (QED) is 0.552. The third kappa shape index (κ3) is 7.41. The highest BCUT2D eigenvalue weighted by atomic mass is 35.5. The summed E-state index contributed by atoms with van der Waals surface area (Å²) in [6.45, 7) is 6.80. The standard InChI is InChI=1S/C18H25ClN2O5/c1-10(2)16(21-18(24)25-11(3)4)17(23)26-15(22)9-14(20)12-5-7-13(19)8-6-12/h5-8,10-11,14,16H,9,20H2,1-4H3,(H,21,24)/t14?,16-/m0/s1. The lowest BCUT2D eigenvalue weighted by Gasteiger charge is -2.21. The van der Waals surface area contributed by atoms with Crippen molar-refractivity contribution in [3.63, 3.8) is 0 Å². The number of amides is 1. The van der Waals surface area contributed by atoms with Crippen molar-refractivity contribution in [3.05, 3.63) is 34.9 Å². The number of hydrogen-bond acceptors (Lipinski definition) is 6. The Labute approximate surface area is 158 Å². The minimum absolute atomic E-state index is 0.186. The van der Waals surface area contributed by atoms with Crippen molar-refractivity contribution >= 4 is 29.6 Å². The fourth-order valence-electron chi connectivity index (χ4n) is 2.10. The van der Waals surface area contributed by atoms with Crippen LogP contribution >= 0.6 is 11.6 Å². The molecule has 0 aliphatic rings. The van der Waals surface area contributed by atoms with Crippen LogP contribution in [0.15, 0.2) is 24.3 Å². The average Bonchev–Trinajstić information content (AvgIpc) is 2.51. The van der Waals surface area contributed by atoms with Gasteiger partial charge in [0.2, 0.25) is 0 Å². The molecule has 0 aliphatic carbocycles. The number of nitrogens with two attached hydrogens (primary N) is 1. The van der Waals surface area contributed by atoms with E-state index in [9.17, 15) is 14.4 Å². The molecule has 0 aromatic heterocycles. The molecular formula is C18H25ClN2O5. The Morgan fingerprint density at radius 2 is 1.69 bits per heavy atom. The summed E-state index contributed by atoms with van der Waals surface area (Å²) in [5.41, 5.74) is 6.64. The highest BCUT2D eigenvalue weighted by Crippen LogP contribution is 2.18. The second-order valence-corrected chi connectivity index (χ2v) is 6.91. The van der Waals surface area contributed by atoms with Gasteiger partial charge in [0.15, 0.2) is 0 Å². The van der Waals surface area contributed by atoms with Gasteiger partial charge in [-0.05, 0) is 37.5 Å². The van der Waals surface area contributed by atoms with Gasteiger partial charge in [0.1, 0.15) is 6.04 Å². The van der Waals surface area contributed by atoms with Crippen molar-refractivity contribution in [1.29, 1.82) is 0 Å². The van der Waals surface area contributed by atoms with Crippen LogP contribution in [0.25, 0.3) is 0 Å². The van der Waals surface area contributed by atoms with E-state index in [1.54, 1.807) is 52.0 Å². The molecule has 0 radical (unpaired) electrons. The van der Waals surface area contributed by atoms with Crippen LogP contribution in [0.1, 0.15) is 45.7 Å². The molecule has 1 amide bonds. The normalized spacial score (nSPS) is 13.2. The summed E-state index contributed by atoms with van der Waals surface area (Å²) >= 11 is 5.81. The van der Waals surface area contributed by atoms with Gasteiger partial charge >= 0.3 is 18.0 Å². The van der Waals surface area contributed by atoms with Crippen LogP contribution < -0.4 is 11.1 Å². The van der Waals surface area contributed by atoms with Gasteiger partial charge in [0, 0.05) is 11.1 Å². The third-order valence-corrected chi connectivity index (χ3v) is 3.69. The Bertz CT molecular complexity index is 631. The average molecular weight is 385 g/mol. The number of alkyl carbamates (subject to hydrolysis) is 1. The Hall–Kier alpha value is -2.12. The number of rotatable bonds is 7. The summed E-state index contributed by atoms with van der Waals surface area (Å²) < 4.78 is 9.79. The lowest BCUT2D eigenvalue weighted by atomic mass is 10.0. The molecule has 0 bridgehead atoms. The van der Waals surface area contributed by atoms with E-state index in [0.29, 0.717) is 10.6 Å². The van der Waals surface area contributed by atoms with E-state index in [1.165, 1.54) is 0 Å². The zero-order valence-corrected chi connectivity index (χ0v) is 16.1. The van der Waals surface area contributed by atoms with Gasteiger partial charge in [-0.3, -0.25) is 4.79 Å². The van der Waals surface area contributed by atoms with Crippen LogP contribution in [0.5, 0.6) is 0 Å². The Morgan fingerprint density at radius 1 is 1.12 bits per heavy atom. The molecule has 0 aliphatic heterocycles. The van der Waals surface area contributed by atoms with Crippen LogP contribution in [0.4, 0.5) is 4.79 Å². The van der Waals surface area contributed by atoms with Crippen molar-refractivity contribution in [2.24, 2.45) is 11.7 Å². The highest BCUT2D eigenvalue weighted by molar-refractivity contribution is 6.30. The van der Waals surface area contributed by atoms with Crippen LogP contribution in [-0.4, -0.2) is 30.2 Å². The molecule has 1 aromatic carbocycles. The van der Waals surface area contributed by atoms with Crippen LogP contribution in [0.2, 0.25) is 5.02 Å². The van der Waals surface area contributed by atoms with Gasteiger partial charge in [-0.15, -0.1) is 0 Å². The van der Waals surface area contributed by atoms with Crippen molar-refractivity contribution < 1.29 is 23.9 Å². The summed E-state index contributed by atoms with van der Waals surface area (Å²) in [4.78, 5) is 35.9. The third-order valence-electron chi connectivity index (χ3n) is 3.44. The second-order valence-electron chi connectivity index (χ2n) is 6.48. The minimum Gasteiger partial charge on any atom is -0.447 e. The summed E-state index contributed by atoms with van der Waals surface area (Å²) in [6.07, 6.45) is -1.27. The SMILES string of the molecule is CC(C)OC(=O)N[C@H](C(=O)OC(=O)CC(N)c1ccc(Cl)cc1)C(C)C. The minimum atomic E-state index is -1.00. The van der Waals surface area contributed by atoms with Crippen molar-refractivity contribution in [2.75, 3.05) is 0 Å². The van der Waals surface area contributed by atoms with Crippen molar-refractivity contribution in [3.8, 4) is 0 Å². The number of halogens is 1. The number of benzene rings is 1. The van der Waals surface area contributed by atoms with Gasteiger partial charge in [0.05, 0.1) is 12.5 Å². The number of hydrogen-bond donors (Lipinski definition) is 2.